The SMILES string of the molecule is CC(c1cc2ccccc2o1)N(C)C(=O)CN1CCC(CO)C1. The molecule has 1 saturated heterocycles. The molecule has 2 aromatic rings. The molecule has 0 aliphatic carbocycles. The smallest absolute Gasteiger partial charge is 0.237 e. The number of carbonyl (C=O) groups is 1. The van der Waals surface area contributed by atoms with Crippen molar-refractivity contribution in [1.82, 2.24) is 9.80 Å². The highest BCUT2D eigenvalue weighted by atomic mass is 16.3. The number of aliphatic hydroxyl groups excluding tert-OH is 1. The van der Waals surface area contributed by atoms with Crippen LogP contribution in [0.4, 0.5) is 0 Å². The molecule has 1 aromatic heterocycles. The van der Waals surface area contributed by atoms with Gasteiger partial charge in [0.2, 0.25) is 5.91 Å². The fourth-order valence-corrected chi connectivity index (χ4v) is 3.12. The number of hydrogen-bond acceptors (Lipinski definition) is 4. The zero-order chi connectivity index (χ0) is 16.4. The second-order valence-electron chi connectivity index (χ2n) is 6.44. The maximum atomic E-state index is 12.5. The van der Waals surface area contributed by atoms with Crippen molar-refractivity contribution in [2.24, 2.45) is 5.92 Å². The zero-order valence-corrected chi connectivity index (χ0v) is 13.7. The number of aliphatic hydroxyl groups is 1. The van der Waals surface area contributed by atoms with Crippen molar-refractivity contribution in [3.05, 3.63) is 36.1 Å². The van der Waals surface area contributed by atoms with E-state index in [0.29, 0.717) is 12.5 Å². The lowest BCUT2D eigenvalue weighted by molar-refractivity contribution is -0.133. The number of nitrogens with zero attached hydrogens (tertiary/aromatic N) is 2. The molecule has 23 heavy (non-hydrogen) atoms. The van der Waals surface area contributed by atoms with Crippen LogP contribution < -0.4 is 0 Å². The lowest BCUT2D eigenvalue weighted by Crippen LogP contribution is -2.38. The minimum Gasteiger partial charge on any atom is -0.459 e. The first kappa shape index (κ1) is 16.0. The molecule has 0 saturated carbocycles. The second-order valence-corrected chi connectivity index (χ2v) is 6.44. The van der Waals surface area contributed by atoms with Crippen LogP contribution in [0.5, 0.6) is 0 Å². The van der Waals surface area contributed by atoms with Gasteiger partial charge in [0.15, 0.2) is 0 Å². The zero-order valence-electron chi connectivity index (χ0n) is 13.7. The van der Waals surface area contributed by atoms with E-state index in [1.807, 2.05) is 44.3 Å². The van der Waals surface area contributed by atoms with E-state index >= 15 is 0 Å². The molecular weight excluding hydrogens is 292 g/mol. The third-order valence-corrected chi connectivity index (χ3v) is 4.82. The molecule has 0 radical (unpaired) electrons. The summed E-state index contributed by atoms with van der Waals surface area (Å²) in [6.45, 7) is 4.27. The van der Waals surface area contributed by atoms with Crippen LogP contribution in [0.15, 0.2) is 34.7 Å². The Balaban J connectivity index is 1.64. The Morgan fingerprint density at radius 2 is 2.26 bits per heavy atom. The van der Waals surface area contributed by atoms with E-state index in [9.17, 15) is 9.90 Å². The minimum atomic E-state index is -0.105. The van der Waals surface area contributed by atoms with E-state index in [1.165, 1.54) is 0 Å². The molecular formula is C18H24N2O3. The highest BCUT2D eigenvalue weighted by Gasteiger charge is 2.26. The van der Waals surface area contributed by atoms with Gasteiger partial charge >= 0.3 is 0 Å². The summed E-state index contributed by atoms with van der Waals surface area (Å²) in [6, 6.07) is 9.77. The van der Waals surface area contributed by atoms with Gasteiger partial charge in [-0.1, -0.05) is 18.2 Å². The van der Waals surface area contributed by atoms with Crippen molar-refractivity contribution in [2.45, 2.75) is 19.4 Å². The van der Waals surface area contributed by atoms with E-state index in [-0.39, 0.29) is 18.6 Å². The van der Waals surface area contributed by atoms with Gasteiger partial charge in [-0.05, 0) is 37.9 Å². The summed E-state index contributed by atoms with van der Waals surface area (Å²) in [4.78, 5) is 16.4. The molecule has 1 fully saturated rings. The molecule has 1 amide bonds. The van der Waals surface area contributed by atoms with Crippen LogP contribution in [-0.2, 0) is 4.79 Å². The molecule has 1 aliphatic rings. The molecule has 2 unspecified atom stereocenters. The van der Waals surface area contributed by atoms with Gasteiger partial charge in [-0.15, -0.1) is 0 Å². The van der Waals surface area contributed by atoms with E-state index in [0.717, 1.165) is 36.2 Å². The summed E-state index contributed by atoms with van der Waals surface area (Å²) in [5, 5.41) is 10.3. The summed E-state index contributed by atoms with van der Waals surface area (Å²) < 4.78 is 5.87. The summed E-state index contributed by atoms with van der Waals surface area (Å²) in [6.07, 6.45) is 0.965. The number of benzene rings is 1. The summed E-state index contributed by atoms with van der Waals surface area (Å²) in [5.41, 5.74) is 0.848. The van der Waals surface area contributed by atoms with Crippen molar-refractivity contribution >= 4 is 16.9 Å². The second kappa shape index (κ2) is 6.72. The number of para-hydroxylation sites is 1. The molecule has 1 N–H and O–H groups in total. The summed E-state index contributed by atoms with van der Waals surface area (Å²) >= 11 is 0. The maximum absolute atomic E-state index is 12.5. The Kier molecular flexibility index (Phi) is 4.68. The molecule has 0 bridgehead atoms. The van der Waals surface area contributed by atoms with Crippen LogP contribution in [0.2, 0.25) is 0 Å². The van der Waals surface area contributed by atoms with E-state index in [4.69, 9.17) is 4.42 Å². The maximum Gasteiger partial charge on any atom is 0.237 e. The number of amides is 1. The van der Waals surface area contributed by atoms with E-state index in [1.54, 1.807) is 4.90 Å². The number of carbonyl (C=O) groups excluding carboxylic acids is 1. The predicted molar refractivity (Wildman–Crippen MR) is 89.0 cm³/mol. The fourth-order valence-electron chi connectivity index (χ4n) is 3.12. The van der Waals surface area contributed by atoms with Crippen molar-refractivity contribution in [3.8, 4) is 0 Å². The van der Waals surface area contributed by atoms with Gasteiger partial charge in [0.25, 0.3) is 0 Å². The number of likely N-dealkylation sites (N-methyl/N-ethyl adjacent to an activating group) is 1. The van der Waals surface area contributed by atoms with E-state index in [2.05, 4.69) is 4.90 Å². The Morgan fingerprint density at radius 3 is 2.96 bits per heavy atom. The van der Waals surface area contributed by atoms with Gasteiger partial charge < -0.3 is 14.4 Å². The molecule has 5 heteroatoms. The molecule has 5 nitrogen and oxygen atoms in total. The van der Waals surface area contributed by atoms with Crippen molar-refractivity contribution in [3.63, 3.8) is 0 Å². The normalized spacial score (nSPS) is 20.0. The standard InChI is InChI=1S/C18H24N2O3/c1-13(17-9-15-5-3-4-6-16(15)23-17)19(2)18(22)11-20-8-7-14(10-20)12-21/h3-6,9,13-14,21H,7-8,10-12H2,1-2H3. The third kappa shape index (κ3) is 3.41. The predicted octanol–water partition coefficient (Wildman–Crippen LogP) is 2.27. The monoisotopic (exact) mass is 316 g/mol. The quantitative estimate of drug-likeness (QED) is 0.919. The molecule has 2 heterocycles. The van der Waals surface area contributed by atoms with Gasteiger partial charge in [-0.25, -0.2) is 0 Å². The Morgan fingerprint density at radius 1 is 1.48 bits per heavy atom. The van der Waals surface area contributed by atoms with Crippen LogP contribution in [0.25, 0.3) is 11.0 Å². The van der Waals surface area contributed by atoms with Gasteiger partial charge in [0.1, 0.15) is 11.3 Å². The number of furan rings is 1. The fraction of sp³-hybridized carbons (Fsp3) is 0.500. The van der Waals surface area contributed by atoms with Gasteiger partial charge in [-0.3, -0.25) is 9.69 Å². The lowest BCUT2D eigenvalue weighted by atomic mass is 10.1. The first-order chi connectivity index (χ1) is 11.1. The topological polar surface area (TPSA) is 56.9 Å². The molecule has 3 rings (SSSR count). The highest BCUT2D eigenvalue weighted by Crippen LogP contribution is 2.27. The van der Waals surface area contributed by atoms with Crippen molar-refractivity contribution < 1.29 is 14.3 Å². The van der Waals surface area contributed by atoms with Crippen LogP contribution in [0.3, 0.4) is 0 Å². The number of fused-ring (bicyclic) bond motifs is 1. The average Bonchev–Trinajstić information content (AvgIpc) is 3.19. The first-order valence-electron chi connectivity index (χ1n) is 8.16. The van der Waals surface area contributed by atoms with Crippen molar-refractivity contribution in [2.75, 3.05) is 33.3 Å². The van der Waals surface area contributed by atoms with Crippen LogP contribution in [-0.4, -0.2) is 54.1 Å². The van der Waals surface area contributed by atoms with E-state index < -0.39 is 0 Å². The molecule has 1 aliphatic heterocycles. The molecule has 0 spiro atoms. The van der Waals surface area contributed by atoms with Gasteiger partial charge in [-0.2, -0.15) is 0 Å². The minimum absolute atomic E-state index is 0.0801. The van der Waals surface area contributed by atoms with Gasteiger partial charge in [0, 0.05) is 25.6 Å². The number of hydrogen-bond donors (Lipinski definition) is 1. The van der Waals surface area contributed by atoms with Crippen LogP contribution in [0.1, 0.15) is 25.1 Å². The summed E-state index contributed by atoms with van der Waals surface area (Å²) in [7, 11) is 1.82. The van der Waals surface area contributed by atoms with Crippen LogP contribution >= 0.6 is 0 Å². The summed E-state index contributed by atoms with van der Waals surface area (Å²) in [5.74, 6) is 1.19. The molecule has 124 valence electrons. The Hall–Kier alpha value is -1.85. The Labute approximate surface area is 136 Å². The number of rotatable bonds is 5. The van der Waals surface area contributed by atoms with Crippen molar-refractivity contribution in [1.29, 1.82) is 0 Å². The largest absolute Gasteiger partial charge is 0.459 e. The Bertz CT molecular complexity index is 649. The molecule has 1 aromatic carbocycles. The van der Waals surface area contributed by atoms with Gasteiger partial charge in [0.05, 0.1) is 12.6 Å². The highest BCUT2D eigenvalue weighted by molar-refractivity contribution is 5.80. The average molecular weight is 316 g/mol. The van der Waals surface area contributed by atoms with Crippen LogP contribution in [0, 0.1) is 5.92 Å². The molecule has 2 atom stereocenters. The number of likely N-dealkylation sites (tertiary alicyclic amines) is 1. The lowest BCUT2D eigenvalue weighted by Gasteiger charge is -2.26. The first-order valence-corrected chi connectivity index (χ1v) is 8.16. The third-order valence-electron chi connectivity index (χ3n) is 4.82.